The second-order valence-electron chi connectivity index (χ2n) is 8.55. The van der Waals surface area contributed by atoms with Crippen molar-refractivity contribution in [2.45, 2.75) is 44.9 Å². The quantitative estimate of drug-likeness (QED) is 0.786. The molecule has 1 aliphatic carbocycles. The number of amides is 2. The van der Waals surface area contributed by atoms with Gasteiger partial charge in [0.25, 0.3) is 0 Å². The van der Waals surface area contributed by atoms with Crippen LogP contribution in [0, 0.1) is 5.41 Å². The highest BCUT2D eigenvalue weighted by Gasteiger charge is 2.33. The fourth-order valence-electron chi connectivity index (χ4n) is 4.40. The molecule has 2 aliphatic rings. The topological polar surface area (TPSA) is 78.7 Å². The van der Waals surface area contributed by atoms with Crippen molar-refractivity contribution in [2.75, 3.05) is 45.1 Å². The van der Waals surface area contributed by atoms with E-state index >= 15 is 0 Å². The Morgan fingerprint density at radius 3 is 2.50 bits per heavy atom. The molecule has 3 N–H and O–H groups in total. The average molecular weight is 387 g/mol. The number of nitrogens with two attached hydrogens (primary N) is 1. The molecule has 28 heavy (non-hydrogen) atoms. The average Bonchev–Trinajstić information content (AvgIpc) is 2.69. The van der Waals surface area contributed by atoms with E-state index in [2.05, 4.69) is 17.3 Å². The zero-order chi connectivity index (χ0) is 20.0. The molecule has 1 aliphatic heterocycles. The zero-order valence-corrected chi connectivity index (χ0v) is 17.1. The van der Waals surface area contributed by atoms with E-state index in [9.17, 15) is 9.59 Å². The third-order valence-electron chi connectivity index (χ3n) is 6.30. The molecule has 0 unspecified atom stereocenters. The molecule has 6 nitrogen and oxygen atoms in total. The van der Waals surface area contributed by atoms with Crippen LogP contribution >= 0.6 is 0 Å². The minimum absolute atomic E-state index is 0.0231. The minimum atomic E-state index is -0.0443. The summed E-state index contributed by atoms with van der Waals surface area (Å²) < 4.78 is 0. The molecule has 0 radical (unpaired) electrons. The highest BCUT2D eigenvalue weighted by Crippen LogP contribution is 2.38. The van der Waals surface area contributed by atoms with Crippen LogP contribution in [0.5, 0.6) is 0 Å². The van der Waals surface area contributed by atoms with E-state index in [1.54, 1.807) is 0 Å². The van der Waals surface area contributed by atoms with Crippen molar-refractivity contribution in [2.24, 2.45) is 11.1 Å². The van der Waals surface area contributed by atoms with Gasteiger partial charge in [0.1, 0.15) is 0 Å². The van der Waals surface area contributed by atoms with Crippen molar-refractivity contribution in [1.82, 2.24) is 9.80 Å². The van der Waals surface area contributed by atoms with Gasteiger partial charge in [0, 0.05) is 38.3 Å². The van der Waals surface area contributed by atoms with E-state index in [1.807, 2.05) is 29.2 Å². The van der Waals surface area contributed by atoms with Gasteiger partial charge < -0.3 is 20.9 Å². The molecule has 0 atom stereocenters. The van der Waals surface area contributed by atoms with Gasteiger partial charge in [-0.3, -0.25) is 9.59 Å². The van der Waals surface area contributed by atoms with Crippen LogP contribution in [-0.2, 0) is 16.0 Å². The van der Waals surface area contributed by atoms with Gasteiger partial charge in [-0.25, -0.2) is 0 Å². The number of benzene rings is 1. The van der Waals surface area contributed by atoms with Crippen molar-refractivity contribution in [3.8, 4) is 0 Å². The molecule has 6 heteroatoms. The highest BCUT2D eigenvalue weighted by atomic mass is 16.2. The molecule has 0 aromatic heterocycles. The summed E-state index contributed by atoms with van der Waals surface area (Å²) in [5.74, 6) is 0.177. The molecule has 1 aromatic carbocycles. The fourth-order valence-corrected chi connectivity index (χ4v) is 4.40. The van der Waals surface area contributed by atoms with Crippen molar-refractivity contribution < 1.29 is 9.59 Å². The monoisotopic (exact) mass is 386 g/mol. The van der Waals surface area contributed by atoms with E-state index in [1.165, 1.54) is 6.42 Å². The van der Waals surface area contributed by atoms with E-state index < -0.39 is 0 Å². The zero-order valence-electron chi connectivity index (χ0n) is 17.1. The lowest BCUT2D eigenvalue weighted by molar-refractivity contribution is -0.132. The summed E-state index contributed by atoms with van der Waals surface area (Å²) in [4.78, 5) is 29.3. The Bertz CT molecular complexity index is 677. The molecule has 1 aromatic rings. The predicted octanol–water partition coefficient (Wildman–Crippen LogP) is 2.24. The molecule has 1 saturated heterocycles. The van der Waals surface area contributed by atoms with Gasteiger partial charge in [-0.2, -0.15) is 0 Å². The first-order valence-corrected chi connectivity index (χ1v) is 10.5. The Morgan fingerprint density at radius 1 is 1.11 bits per heavy atom. The highest BCUT2D eigenvalue weighted by molar-refractivity contribution is 5.91. The maximum atomic E-state index is 12.6. The molecule has 2 fully saturated rings. The number of nitrogens with one attached hydrogen (secondary N) is 1. The molecule has 154 valence electrons. The summed E-state index contributed by atoms with van der Waals surface area (Å²) in [5.41, 5.74) is 7.67. The van der Waals surface area contributed by atoms with Crippen molar-refractivity contribution in [1.29, 1.82) is 0 Å². The van der Waals surface area contributed by atoms with Crippen LogP contribution in [-0.4, -0.2) is 61.4 Å². The van der Waals surface area contributed by atoms with E-state index in [4.69, 9.17) is 5.73 Å². The lowest BCUT2D eigenvalue weighted by Crippen LogP contribution is -2.47. The Hall–Kier alpha value is -1.92. The number of hydrogen-bond acceptors (Lipinski definition) is 4. The number of likely N-dealkylation sites (N-methyl/N-ethyl adjacent to an activating group) is 1. The van der Waals surface area contributed by atoms with Gasteiger partial charge in [-0.15, -0.1) is 0 Å². The van der Waals surface area contributed by atoms with Crippen LogP contribution in [0.25, 0.3) is 0 Å². The molecule has 0 spiro atoms. The number of carbonyl (C=O) groups excluding carboxylic acids is 2. The smallest absolute Gasteiger partial charge is 0.227 e. The predicted molar refractivity (Wildman–Crippen MR) is 112 cm³/mol. The second kappa shape index (κ2) is 9.52. The van der Waals surface area contributed by atoms with Gasteiger partial charge >= 0.3 is 0 Å². The lowest BCUT2D eigenvalue weighted by Gasteiger charge is -2.35. The molecular weight excluding hydrogens is 352 g/mol. The first kappa shape index (κ1) is 20.8. The SMILES string of the molecule is CN1CCN(C(=O)Cc2cccc(NC(=O)CC3(CN)CCCCC3)c2)CC1. The summed E-state index contributed by atoms with van der Waals surface area (Å²) in [6.45, 7) is 3.98. The molecule has 1 heterocycles. The molecule has 0 bridgehead atoms. The summed E-state index contributed by atoms with van der Waals surface area (Å²) in [6, 6.07) is 7.66. The Balaban J connectivity index is 1.55. The Kier molecular flexibility index (Phi) is 7.08. The van der Waals surface area contributed by atoms with Crippen molar-refractivity contribution in [3.05, 3.63) is 29.8 Å². The summed E-state index contributed by atoms with van der Waals surface area (Å²) >= 11 is 0. The van der Waals surface area contributed by atoms with Crippen molar-refractivity contribution in [3.63, 3.8) is 0 Å². The van der Waals surface area contributed by atoms with E-state index in [0.29, 0.717) is 19.4 Å². The number of carbonyl (C=O) groups is 2. The van der Waals surface area contributed by atoms with Crippen LogP contribution in [0.15, 0.2) is 24.3 Å². The van der Waals surface area contributed by atoms with Crippen LogP contribution in [0.4, 0.5) is 5.69 Å². The lowest BCUT2D eigenvalue weighted by atomic mass is 9.71. The normalized spacial score (nSPS) is 20.0. The maximum absolute atomic E-state index is 12.6. The second-order valence-corrected chi connectivity index (χ2v) is 8.55. The number of anilines is 1. The van der Waals surface area contributed by atoms with Gasteiger partial charge in [0.2, 0.25) is 11.8 Å². The standard InChI is InChI=1S/C22H34N4O2/c1-25-10-12-26(13-11-25)21(28)15-18-6-5-7-19(14-18)24-20(27)16-22(17-23)8-3-2-4-9-22/h5-7,14H,2-4,8-13,15-17,23H2,1H3,(H,24,27). The summed E-state index contributed by atoms with van der Waals surface area (Å²) in [7, 11) is 2.08. The van der Waals surface area contributed by atoms with Gasteiger partial charge in [0.05, 0.1) is 6.42 Å². The number of nitrogens with zero attached hydrogens (tertiary/aromatic N) is 2. The van der Waals surface area contributed by atoms with E-state index in [-0.39, 0.29) is 17.2 Å². The molecule has 1 saturated carbocycles. The molecule has 3 rings (SSSR count). The Labute approximate surface area is 168 Å². The van der Waals surface area contributed by atoms with E-state index in [0.717, 1.165) is 63.1 Å². The third kappa shape index (κ3) is 5.55. The number of piperazine rings is 1. The van der Waals surface area contributed by atoms with Gasteiger partial charge in [0.15, 0.2) is 0 Å². The molecular formula is C22H34N4O2. The first-order valence-electron chi connectivity index (χ1n) is 10.5. The van der Waals surface area contributed by atoms with Crippen LogP contribution in [0.2, 0.25) is 0 Å². The van der Waals surface area contributed by atoms with Crippen LogP contribution in [0.3, 0.4) is 0 Å². The van der Waals surface area contributed by atoms with Crippen molar-refractivity contribution >= 4 is 17.5 Å². The minimum Gasteiger partial charge on any atom is -0.340 e. The third-order valence-corrected chi connectivity index (χ3v) is 6.30. The number of hydrogen-bond donors (Lipinski definition) is 2. The first-order chi connectivity index (χ1) is 13.5. The Morgan fingerprint density at radius 2 is 1.82 bits per heavy atom. The fraction of sp³-hybridized carbons (Fsp3) is 0.636. The number of rotatable bonds is 6. The summed E-state index contributed by atoms with van der Waals surface area (Å²) in [5, 5.41) is 3.02. The maximum Gasteiger partial charge on any atom is 0.227 e. The molecule has 2 amide bonds. The van der Waals surface area contributed by atoms with Crippen LogP contribution < -0.4 is 11.1 Å². The largest absolute Gasteiger partial charge is 0.340 e. The summed E-state index contributed by atoms with van der Waals surface area (Å²) in [6.07, 6.45) is 6.50. The van der Waals surface area contributed by atoms with Gasteiger partial charge in [-0.1, -0.05) is 31.4 Å². The van der Waals surface area contributed by atoms with Gasteiger partial charge in [-0.05, 0) is 49.5 Å². The van der Waals surface area contributed by atoms with Crippen LogP contribution in [0.1, 0.15) is 44.1 Å².